The van der Waals surface area contributed by atoms with Crippen molar-refractivity contribution in [3.8, 4) is 0 Å². The number of anilines is 1. The number of aromatic nitrogens is 2. The van der Waals surface area contributed by atoms with E-state index in [0.29, 0.717) is 0 Å². The number of nitrogens with zero attached hydrogens (tertiary/aromatic N) is 3. The van der Waals surface area contributed by atoms with Crippen LogP contribution in [0.25, 0.3) is 6.08 Å². The second-order valence-electron chi connectivity index (χ2n) is 2.35. The lowest BCUT2D eigenvalue weighted by Gasteiger charge is -1.97. The van der Waals surface area contributed by atoms with Gasteiger partial charge >= 0.3 is 0 Å². The Balaban J connectivity index is 2.62. The van der Waals surface area contributed by atoms with Gasteiger partial charge in [0.15, 0.2) is 0 Å². The molecule has 0 saturated heterocycles. The minimum atomic E-state index is 0.760. The molecule has 0 aliphatic rings. The highest BCUT2D eigenvalue weighted by molar-refractivity contribution is 5.52. The summed E-state index contributed by atoms with van der Waals surface area (Å²) in [7, 11) is 1.80. The van der Waals surface area contributed by atoms with Crippen molar-refractivity contribution in [1.82, 2.24) is 9.97 Å². The molecule has 0 saturated carbocycles. The molecule has 0 amide bonds. The lowest BCUT2D eigenvalue weighted by molar-refractivity contribution is 0.273. The van der Waals surface area contributed by atoms with Gasteiger partial charge < -0.3 is 10.2 Å². The van der Waals surface area contributed by atoms with E-state index in [1.165, 1.54) is 12.6 Å². The number of rotatable bonds is 4. The highest BCUT2D eigenvalue weighted by Crippen LogP contribution is 2.04. The van der Waals surface area contributed by atoms with Crippen molar-refractivity contribution in [1.29, 1.82) is 0 Å². The van der Waals surface area contributed by atoms with Crippen LogP contribution in [0.4, 0.5) is 5.82 Å². The molecule has 1 aromatic heterocycles. The molecular weight excluding hydrogens is 180 g/mol. The highest BCUT2D eigenvalue weighted by Gasteiger charge is 1.91. The third kappa shape index (κ3) is 3.22. The molecule has 74 valence electrons. The standard InChI is InChI=1S/C9H12N4O/c1-3-13-14-5-4-8-6-9(10-2)12-7-11-8/h3-7H,1-2H3,(H,10,11,12)/b5-4+,13-3+. The van der Waals surface area contributed by atoms with Gasteiger partial charge in [0.1, 0.15) is 18.4 Å². The Labute approximate surface area is 82.5 Å². The first-order valence-corrected chi connectivity index (χ1v) is 4.17. The van der Waals surface area contributed by atoms with Gasteiger partial charge in [0.05, 0.1) is 5.69 Å². The van der Waals surface area contributed by atoms with Crippen molar-refractivity contribution >= 4 is 18.1 Å². The second kappa shape index (κ2) is 5.69. The number of hydrogen-bond acceptors (Lipinski definition) is 5. The van der Waals surface area contributed by atoms with Crippen LogP contribution in [-0.2, 0) is 4.84 Å². The first-order valence-electron chi connectivity index (χ1n) is 4.17. The van der Waals surface area contributed by atoms with Crippen LogP contribution in [0.1, 0.15) is 12.6 Å². The first kappa shape index (κ1) is 10.2. The molecule has 14 heavy (non-hydrogen) atoms. The fourth-order valence-corrected chi connectivity index (χ4v) is 0.796. The average molecular weight is 192 g/mol. The summed E-state index contributed by atoms with van der Waals surface area (Å²) in [5.74, 6) is 0.763. The zero-order valence-corrected chi connectivity index (χ0v) is 8.14. The van der Waals surface area contributed by atoms with Gasteiger partial charge in [0, 0.05) is 25.4 Å². The van der Waals surface area contributed by atoms with E-state index in [1.807, 2.05) is 0 Å². The molecule has 0 spiro atoms. The van der Waals surface area contributed by atoms with Crippen molar-refractivity contribution in [2.75, 3.05) is 12.4 Å². The van der Waals surface area contributed by atoms with E-state index < -0.39 is 0 Å². The molecule has 0 aliphatic carbocycles. The molecule has 1 aromatic rings. The molecule has 0 aromatic carbocycles. The van der Waals surface area contributed by atoms with Crippen LogP contribution >= 0.6 is 0 Å². The summed E-state index contributed by atoms with van der Waals surface area (Å²) in [5, 5.41) is 6.47. The molecule has 0 atom stereocenters. The van der Waals surface area contributed by atoms with Crippen molar-refractivity contribution < 1.29 is 4.84 Å². The van der Waals surface area contributed by atoms with Crippen LogP contribution in [0.5, 0.6) is 0 Å². The summed E-state index contributed by atoms with van der Waals surface area (Å²) in [6, 6.07) is 1.80. The van der Waals surface area contributed by atoms with E-state index in [0.717, 1.165) is 11.5 Å². The van der Waals surface area contributed by atoms with Gasteiger partial charge in [-0.1, -0.05) is 5.16 Å². The van der Waals surface area contributed by atoms with Gasteiger partial charge in [-0.2, -0.15) is 0 Å². The maximum Gasteiger partial charge on any atom is 0.129 e. The van der Waals surface area contributed by atoms with Crippen LogP contribution in [0.15, 0.2) is 23.8 Å². The van der Waals surface area contributed by atoms with Gasteiger partial charge in [-0.05, 0) is 6.92 Å². The zero-order chi connectivity index (χ0) is 10.2. The molecule has 5 nitrogen and oxygen atoms in total. The fraction of sp³-hybridized carbons (Fsp3) is 0.222. The fourth-order valence-electron chi connectivity index (χ4n) is 0.796. The highest BCUT2D eigenvalue weighted by atomic mass is 16.6. The summed E-state index contributed by atoms with van der Waals surface area (Å²) < 4.78 is 0. The summed E-state index contributed by atoms with van der Waals surface area (Å²) in [4.78, 5) is 12.8. The number of hydrogen-bond donors (Lipinski definition) is 1. The smallest absolute Gasteiger partial charge is 0.129 e. The van der Waals surface area contributed by atoms with Crippen LogP contribution in [0.3, 0.4) is 0 Å². The third-order valence-electron chi connectivity index (χ3n) is 1.41. The van der Waals surface area contributed by atoms with Crippen LogP contribution in [0.2, 0.25) is 0 Å². The normalized spacial score (nSPS) is 11.0. The molecule has 0 fully saturated rings. The Morgan fingerprint density at radius 2 is 2.36 bits per heavy atom. The maximum absolute atomic E-state index is 4.77. The molecule has 5 heteroatoms. The number of oxime groups is 1. The Bertz CT molecular complexity index is 335. The van der Waals surface area contributed by atoms with Gasteiger partial charge in [0.2, 0.25) is 0 Å². The Hall–Kier alpha value is -1.91. The molecule has 1 N–H and O–H groups in total. The predicted molar refractivity (Wildman–Crippen MR) is 55.9 cm³/mol. The molecule has 0 aliphatic heterocycles. The van der Waals surface area contributed by atoms with E-state index in [2.05, 4.69) is 20.4 Å². The van der Waals surface area contributed by atoms with E-state index in [-0.39, 0.29) is 0 Å². The van der Waals surface area contributed by atoms with Crippen LogP contribution in [-0.4, -0.2) is 23.2 Å². The summed E-state index contributed by atoms with van der Waals surface area (Å²) in [6.45, 7) is 1.78. The lowest BCUT2D eigenvalue weighted by Crippen LogP contribution is -1.93. The summed E-state index contributed by atoms with van der Waals surface area (Å²) in [5.41, 5.74) is 0.760. The first-order chi connectivity index (χ1) is 6.86. The Kier molecular flexibility index (Phi) is 4.13. The van der Waals surface area contributed by atoms with Crippen molar-refractivity contribution in [3.63, 3.8) is 0 Å². The lowest BCUT2D eigenvalue weighted by atomic mass is 10.4. The largest absolute Gasteiger partial charge is 0.373 e. The minimum absolute atomic E-state index is 0.760. The van der Waals surface area contributed by atoms with Gasteiger partial charge in [-0.15, -0.1) is 0 Å². The molecule has 0 radical (unpaired) electrons. The van der Waals surface area contributed by atoms with Gasteiger partial charge in [-0.3, -0.25) is 0 Å². The Morgan fingerprint density at radius 3 is 3.07 bits per heavy atom. The van der Waals surface area contributed by atoms with E-state index >= 15 is 0 Å². The van der Waals surface area contributed by atoms with Crippen molar-refractivity contribution in [2.24, 2.45) is 5.16 Å². The van der Waals surface area contributed by atoms with E-state index in [4.69, 9.17) is 4.84 Å². The third-order valence-corrected chi connectivity index (χ3v) is 1.41. The zero-order valence-electron chi connectivity index (χ0n) is 8.14. The minimum Gasteiger partial charge on any atom is -0.373 e. The van der Waals surface area contributed by atoms with E-state index in [9.17, 15) is 0 Å². The molecular formula is C9H12N4O. The topological polar surface area (TPSA) is 59.4 Å². The summed E-state index contributed by atoms with van der Waals surface area (Å²) >= 11 is 0. The predicted octanol–water partition coefficient (Wildman–Crippen LogP) is 1.51. The molecule has 1 rings (SSSR count). The average Bonchev–Trinajstić information content (AvgIpc) is 2.25. The second-order valence-corrected chi connectivity index (χ2v) is 2.35. The monoisotopic (exact) mass is 192 g/mol. The molecule has 1 heterocycles. The molecule has 0 unspecified atom stereocenters. The Morgan fingerprint density at radius 1 is 1.50 bits per heavy atom. The van der Waals surface area contributed by atoms with Gasteiger partial charge in [0.25, 0.3) is 0 Å². The SMILES string of the molecule is C/C=N/O/C=C/c1cc(NC)ncn1. The summed E-state index contributed by atoms with van der Waals surface area (Å²) in [6.07, 6.45) is 6.20. The van der Waals surface area contributed by atoms with Crippen molar-refractivity contribution in [3.05, 3.63) is 24.3 Å². The van der Waals surface area contributed by atoms with Crippen LogP contribution < -0.4 is 5.32 Å². The quantitative estimate of drug-likeness (QED) is 0.446. The number of nitrogens with one attached hydrogen (secondary N) is 1. The van der Waals surface area contributed by atoms with E-state index in [1.54, 1.807) is 32.3 Å². The molecule has 0 bridgehead atoms. The van der Waals surface area contributed by atoms with Crippen molar-refractivity contribution in [2.45, 2.75) is 6.92 Å². The van der Waals surface area contributed by atoms with Gasteiger partial charge in [-0.25, -0.2) is 9.97 Å². The maximum atomic E-state index is 4.77. The van der Waals surface area contributed by atoms with Crippen LogP contribution in [0, 0.1) is 0 Å².